The van der Waals surface area contributed by atoms with E-state index in [9.17, 15) is 4.79 Å². The maximum Gasteiger partial charge on any atom is 0.236 e. The molecule has 2 rings (SSSR count). The third kappa shape index (κ3) is 3.02. The Hall–Kier alpha value is -1.10. The number of carbonyl (C=O) groups is 1. The molecule has 1 aromatic rings. The van der Waals surface area contributed by atoms with Crippen LogP contribution in [0, 0.1) is 6.92 Å². The van der Waals surface area contributed by atoms with E-state index >= 15 is 0 Å². The zero-order valence-corrected chi connectivity index (χ0v) is 11.2. The molecule has 0 aromatic heterocycles. The van der Waals surface area contributed by atoms with Gasteiger partial charge in [0.25, 0.3) is 0 Å². The number of carbonyl (C=O) groups excluding carboxylic acids is 1. The molecule has 1 amide bonds. The molecule has 18 heavy (non-hydrogen) atoms. The lowest BCUT2D eigenvalue weighted by atomic mass is 10.1. The van der Waals surface area contributed by atoms with E-state index in [0.29, 0.717) is 13.1 Å². The van der Waals surface area contributed by atoms with Crippen LogP contribution in [0.4, 0.5) is 0 Å². The van der Waals surface area contributed by atoms with E-state index in [2.05, 4.69) is 10.2 Å². The maximum absolute atomic E-state index is 11.4. The van der Waals surface area contributed by atoms with Crippen molar-refractivity contribution in [1.82, 2.24) is 10.2 Å². The minimum absolute atomic E-state index is 0.254. The van der Waals surface area contributed by atoms with Crippen LogP contribution in [0.3, 0.4) is 0 Å². The molecule has 1 aliphatic heterocycles. The summed E-state index contributed by atoms with van der Waals surface area (Å²) >= 11 is 6.22. The van der Waals surface area contributed by atoms with Crippen LogP contribution in [0.25, 0.3) is 0 Å². The fourth-order valence-electron chi connectivity index (χ4n) is 2.22. The van der Waals surface area contributed by atoms with Crippen molar-refractivity contribution in [2.45, 2.75) is 19.5 Å². The monoisotopic (exact) mass is 267 g/mol. The number of benzene rings is 1. The molecule has 1 atom stereocenters. The van der Waals surface area contributed by atoms with Gasteiger partial charge in [0.05, 0.1) is 0 Å². The molecule has 0 aliphatic carbocycles. The summed E-state index contributed by atoms with van der Waals surface area (Å²) in [6.45, 7) is 4.95. The summed E-state index contributed by atoms with van der Waals surface area (Å²) in [5.41, 5.74) is 7.59. The number of nitrogens with two attached hydrogens (primary N) is 1. The second-order valence-electron chi connectivity index (χ2n) is 4.69. The minimum atomic E-state index is -0.287. The standard InChI is InChI=1S/C13H18ClN3O/c1-9-2-3-10(11(14)6-9)8-17-5-4-16-7-12(17)13(15)18/h2-3,6,12,16H,4-5,7-8H2,1H3,(H2,15,18). The topological polar surface area (TPSA) is 58.4 Å². The summed E-state index contributed by atoms with van der Waals surface area (Å²) in [6.07, 6.45) is 0. The van der Waals surface area contributed by atoms with Gasteiger partial charge in [0.2, 0.25) is 5.91 Å². The Labute approximate surface area is 112 Å². The van der Waals surface area contributed by atoms with Crippen LogP contribution < -0.4 is 11.1 Å². The van der Waals surface area contributed by atoms with E-state index in [0.717, 1.165) is 29.2 Å². The molecular formula is C13H18ClN3O. The summed E-state index contributed by atoms with van der Waals surface area (Å²) in [6, 6.07) is 5.73. The average Bonchev–Trinajstić information content (AvgIpc) is 2.33. The number of aryl methyl sites for hydroxylation is 1. The predicted octanol–water partition coefficient (Wildman–Crippen LogP) is 0.908. The van der Waals surface area contributed by atoms with E-state index in [1.54, 1.807) is 0 Å². The van der Waals surface area contributed by atoms with Gasteiger partial charge in [0.1, 0.15) is 6.04 Å². The molecule has 4 nitrogen and oxygen atoms in total. The van der Waals surface area contributed by atoms with Gasteiger partial charge < -0.3 is 11.1 Å². The molecule has 1 fully saturated rings. The van der Waals surface area contributed by atoms with Crippen LogP contribution in [-0.4, -0.2) is 36.5 Å². The van der Waals surface area contributed by atoms with Gasteiger partial charge >= 0.3 is 0 Å². The van der Waals surface area contributed by atoms with Gasteiger partial charge in [-0.25, -0.2) is 0 Å². The second kappa shape index (κ2) is 5.69. The SMILES string of the molecule is Cc1ccc(CN2CCNCC2C(N)=O)c(Cl)c1. The maximum atomic E-state index is 11.4. The van der Waals surface area contributed by atoms with E-state index in [-0.39, 0.29) is 11.9 Å². The number of nitrogens with one attached hydrogen (secondary N) is 1. The van der Waals surface area contributed by atoms with Crippen molar-refractivity contribution in [1.29, 1.82) is 0 Å². The number of hydrogen-bond acceptors (Lipinski definition) is 3. The smallest absolute Gasteiger partial charge is 0.236 e. The van der Waals surface area contributed by atoms with Crippen LogP contribution in [0.5, 0.6) is 0 Å². The first kappa shape index (κ1) is 13.3. The van der Waals surface area contributed by atoms with Crippen LogP contribution in [0.15, 0.2) is 18.2 Å². The summed E-state index contributed by atoms with van der Waals surface area (Å²) in [5, 5.41) is 3.93. The van der Waals surface area contributed by atoms with E-state index in [1.165, 1.54) is 0 Å². The Kier molecular flexibility index (Phi) is 4.22. The quantitative estimate of drug-likeness (QED) is 0.856. The first-order valence-corrected chi connectivity index (χ1v) is 6.45. The highest BCUT2D eigenvalue weighted by atomic mass is 35.5. The van der Waals surface area contributed by atoms with Crippen LogP contribution in [0.2, 0.25) is 5.02 Å². The first-order chi connectivity index (χ1) is 8.58. The number of rotatable bonds is 3. The molecule has 5 heteroatoms. The highest BCUT2D eigenvalue weighted by Crippen LogP contribution is 2.20. The average molecular weight is 268 g/mol. The molecule has 1 unspecified atom stereocenters. The Balaban J connectivity index is 2.13. The predicted molar refractivity (Wildman–Crippen MR) is 72.5 cm³/mol. The number of hydrogen-bond donors (Lipinski definition) is 2. The molecule has 0 radical (unpaired) electrons. The fraction of sp³-hybridized carbons (Fsp3) is 0.462. The van der Waals surface area contributed by atoms with E-state index in [4.69, 9.17) is 17.3 Å². The molecule has 0 spiro atoms. The van der Waals surface area contributed by atoms with Crippen molar-refractivity contribution < 1.29 is 4.79 Å². The van der Waals surface area contributed by atoms with Gasteiger partial charge in [-0.05, 0) is 24.1 Å². The normalized spacial score (nSPS) is 20.9. The summed E-state index contributed by atoms with van der Waals surface area (Å²) in [5.74, 6) is -0.287. The third-order valence-corrected chi connectivity index (χ3v) is 3.62. The highest BCUT2D eigenvalue weighted by Gasteiger charge is 2.26. The van der Waals surface area contributed by atoms with Crippen molar-refractivity contribution in [2.75, 3.05) is 19.6 Å². The lowest BCUT2D eigenvalue weighted by Gasteiger charge is -2.34. The van der Waals surface area contributed by atoms with E-state index in [1.807, 2.05) is 25.1 Å². The number of amides is 1. The van der Waals surface area contributed by atoms with Crippen LogP contribution in [-0.2, 0) is 11.3 Å². The van der Waals surface area contributed by atoms with Crippen molar-refractivity contribution in [2.24, 2.45) is 5.73 Å². The van der Waals surface area contributed by atoms with Crippen LogP contribution >= 0.6 is 11.6 Å². The summed E-state index contributed by atoms with van der Waals surface area (Å²) in [7, 11) is 0. The van der Waals surface area contributed by atoms with Gasteiger partial charge in [-0.3, -0.25) is 9.69 Å². The first-order valence-electron chi connectivity index (χ1n) is 6.07. The fourth-order valence-corrected chi connectivity index (χ4v) is 2.51. The number of halogens is 1. The Morgan fingerprint density at radius 2 is 2.39 bits per heavy atom. The van der Waals surface area contributed by atoms with Gasteiger partial charge in [-0.1, -0.05) is 23.7 Å². The lowest BCUT2D eigenvalue weighted by molar-refractivity contribution is -0.124. The lowest BCUT2D eigenvalue weighted by Crippen LogP contribution is -2.56. The zero-order valence-electron chi connectivity index (χ0n) is 10.4. The van der Waals surface area contributed by atoms with Crippen molar-refractivity contribution in [3.8, 4) is 0 Å². The second-order valence-corrected chi connectivity index (χ2v) is 5.09. The molecule has 1 aromatic carbocycles. The highest BCUT2D eigenvalue weighted by molar-refractivity contribution is 6.31. The Morgan fingerprint density at radius 3 is 3.06 bits per heavy atom. The molecule has 0 bridgehead atoms. The molecule has 1 heterocycles. The number of piperazine rings is 1. The third-order valence-electron chi connectivity index (χ3n) is 3.26. The summed E-state index contributed by atoms with van der Waals surface area (Å²) < 4.78 is 0. The molecule has 1 saturated heterocycles. The minimum Gasteiger partial charge on any atom is -0.368 e. The molecule has 3 N–H and O–H groups in total. The largest absolute Gasteiger partial charge is 0.368 e. The van der Waals surface area contributed by atoms with E-state index < -0.39 is 0 Å². The number of primary amides is 1. The van der Waals surface area contributed by atoms with Crippen molar-refractivity contribution in [3.05, 3.63) is 34.3 Å². The van der Waals surface area contributed by atoms with Gasteiger partial charge in [0, 0.05) is 31.2 Å². The Morgan fingerprint density at radius 1 is 1.61 bits per heavy atom. The van der Waals surface area contributed by atoms with Crippen LogP contribution in [0.1, 0.15) is 11.1 Å². The number of nitrogens with zero attached hydrogens (tertiary/aromatic N) is 1. The van der Waals surface area contributed by atoms with Crippen molar-refractivity contribution >= 4 is 17.5 Å². The molecule has 0 saturated carbocycles. The van der Waals surface area contributed by atoms with Crippen molar-refractivity contribution in [3.63, 3.8) is 0 Å². The molecule has 1 aliphatic rings. The zero-order chi connectivity index (χ0) is 13.1. The van der Waals surface area contributed by atoms with Gasteiger partial charge in [0.15, 0.2) is 0 Å². The molecule has 98 valence electrons. The Bertz CT molecular complexity index is 450. The summed E-state index contributed by atoms with van der Waals surface area (Å²) in [4.78, 5) is 13.5. The molecular weight excluding hydrogens is 250 g/mol. The van der Waals surface area contributed by atoms with Gasteiger partial charge in [-0.15, -0.1) is 0 Å². The van der Waals surface area contributed by atoms with Gasteiger partial charge in [-0.2, -0.15) is 0 Å².